The van der Waals surface area contributed by atoms with Crippen LogP contribution in [-0.4, -0.2) is 59.5 Å². The molecule has 1 aromatic carbocycles. The van der Waals surface area contributed by atoms with E-state index in [9.17, 15) is 9.59 Å². The summed E-state index contributed by atoms with van der Waals surface area (Å²) in [6.07, 6.45) is 1.41. The number of ether oxygens (including phenoxy) is 1. The zero-order chi connectivity index (χ0) is 19.2. The van der Waals surface area contributed by atoms with Gasteiger partial charge < -0.3 is 19.9 Å². The fourth-order valence-corrected chi connectivity index (χ4v) is 2.84. The lowest BCUT2D eigenvalue weighted by atomic mass is 10.1. The number of hydrogen-bond donors (Lipinski definition) is 1. The molecular formula is C19H23N5O3. The molecule has 1 aliphatic heterocycles. The van der Waals surface area contributed by atoms with Crippen LogP contribution in [0.5, 0.6) is 0 Å². The fourth-order valence-electron chi connectivity index (χ4n) is 2.84. The molecule has 0 atom stereocenters. The van der Waals surface area contributed by atoms with Crippen LogP contribution in [0.15, 0.2) is 36.5 Å². The van der Waals surface area contributed by atoms with Crippen LogP contribution < -0.4 is 10.2 Å². The molecule has 142 valence electrons. The van der Waals surface area contributed by atoms with Gasteiger partial charge >= 0.3 is 6.09 Å². The monoisotopic (exact) mass is 369 g/mol. The minimum atomic E-state index is -0.279. The Kier molecular flexibility index (Phi) is 5.85. The third kappa shape index (κ3) is 4.72. The van der Waals surface area contributed by atoms with Gasteiger partial charge in [0.05, 0.1) is 6.61 Å². The summed E-state index contributed by atoms with van der Waals surface area (Å²) in [4.78, 5) is 35.9. The molecule has 2 heterocycles. The number of piperazine rings is 1. The average molecular weight is 369 g/mol. The highest BCUT2D eigenvalue weighted by Crippen LogP contribution is 2.19. The highest BCUT2D eigenvalue weighted by atomic mass is 16.6. The first-order chi connectivity index (χ1) is 13.1. The van der Waals surface area contributed by atoms with Crippen LogP contribution in [0, 0.1) is 0 Å². The van der Waals surface area contributed by atoms with E-state index in [2.05, 4.69) is 15.3 Å². The number of nitrogens with one attached hydrogen (secondary N) is 1. The predicted octanol–water partition coefficient (Wildman–Crippen LogP) is 2.70. The topological polar surface area (TPSA) is 87.7 Å². The van der Waals surface area contributed by atoms with Crippen LogP contribution in [0.4, 0.5) is 22.2 Å². The van der Waals surface area contributed by atoms with Crippen LogP contribution in [0.2, 0.25) is 0 Å². The van der Waals surface area contributed by atoms with E-state index in [1.165, 1.54) is 6.92 Å². The van der Waals surface area contributed by atoms with E-state index in [1.807, 2.05) is 17.0 Å². The van der Waals surface area contributed by atoms with Crippen molar-refractivity contribution in [1.29, 1.82) is 0 Å². The highest BCUT2D eigenvalue weighted by molar-refractivity contribution is 5.95. The van der Waals surface area contributed by atoms with Gasteiger partial charge in [-0.15, -0.1) is 0 Å². The van der Waals surface area contributed by atoms with Crippen molar-refractivity contribution >= 4 is 29.3 Å². The Morgan fingerprint density at radius 2 is 1.96 bits per heavy atom. The molecule has 0 bridgehead atoms. The van der Waals surface area contributed by atoms with Crippen molar-refractivity contribution in [2.45, 2.75) is 13.8 Å². The molecular weight excluding hydrogens is 346 g/mol. The molecule has 27 heavy (non-hydrogen) atoms. The van der Waals surface area contributed by atoms with Crippen molar-refractivity contribution in [1.82, 2.24) is 14.9 Å². The fraction of sp³-hybridized carbons (Fsp3) is 0.368. The molecule has 1 amide bonds. The Morgan fingerprint density at radius 3 is 2.67 bits per heavy atom. The Balaban J connectivity index is 1.65. The maximum absolute atomic E-state index is 11.8. The Morgan fingerprint density at radius 1 is 1.19 bits per heavy atom. The summed E-state index contributed by atoms with van der Waals surface area (Å²) in [7, 11) is 0. The molecule has 1 saturated heterocycles. The molecule has 0 radical (unpaired) electrons. The van der Waals surface area contributed by atoms with Gasteiger partial charge in [0.1, 0.15) is 5.82 Å². The molecule has 8 nitrogen and oxygen atoms in total. The molecule has 1 N–H and O–H groups in total. The van der Waals surface area contributed by atoms with Crippen molar-refractivity contribution in [3.05, 3.63) is 42.1 Å². The highest BCUT2D eigenvalue weighted by Gasteiger charge is 2.23. The number of carbonyl (C=O) groups excluding carboxylic acids is 2. The molecule has 1 fully saturated rings. The number of ketones is 1. The van der Waals surface area contributed by atoms with Crippen LogP contribution in [-0.2, 0) is 4.74 Å². The van der Waals surface area contributed by atoms with Crippen molar-refractivity contribution in [3.63, 3.8) is 0 Å². The van der Waals surface area contributed by atoms with Crippen molar-refractivity contribution in [3.8, 4) is 0 Å². The molecule has 1 aromatic heterocycles. The molecule has 0 saturated carbocycles. The minimum Gasteiger partial charge on any atom is -0.450 e. The SMILES string of the molecule is CCOC(=O)N1CCN(c2nccc(Nc3cccc(C(C)=O)c3)n2)CC1. The summed E-state index contributed by atoms with van der Waals surface area (Å²) in [6, 6.07) is 9.06. The van der Waals surface area contributed by atoms with E-state index in [-0.39, 0.29) is 11.9 Å². The quantitative estimate of drug-likeness (QED) is 0.811. The molecule has 3 rings (SSSR count). The van der Waals surface area contributed by atoms with Gasteiger partial charge in [0, 0.05) is 43.6 Å². The Bertz CT molecular complexity index is 818. The van der Waals surface area contributed by atoms with Crippen LogP contribution in [0.1, 0.15) is 24.2 Å². The number of amides is 1. The summed E-state index contributed by atoms with van der Waals surface area (Å²) in [5.41, 5.74) is 1.43. The number of rotatable bonds is 5. The van der Waals surface area contributed by atoms with E-state index in [4.69, 9.17) is 4.74 Å². The van der Waals surface area contributed by atoms with E-state index in [0.717, 1.165) is 5.69 Å². The van der Waals surface area contributed by atoms with Gasteiger partial charge in [-0.05, 0) is 32.0 Å². The van der Waals surface area contributed by atoms with Gasteiger partial charge in [-0.2, -0.15) is 4.98 Å². The lowest BCUT2D eigenvalue weighted by Gasteiger charge is -2.34. The second-order valence-corrected chi connectivity index (χ2v) is 6.18. The summed E-state index contributed by atoms with van der Waals surface area (Å²) in [5, 5.41) is 3.21. The number of nitrogens with zero attached hydrogens (tertiary/aromatic N) is 4. The van der Waals surface area contributed by atoms with E-state index in [0.29, 0.717) is 50.1 Å². The first-order valence-corrected chi connectivity index (χ1v) is 8.94. The number of carbonyl (C=O) groups is 2. The summed E-state index contributed by atoms with van der Waals surface area (Å²) in [5.74, 6) is 1.27. The first kappa shape index (κ1) is 18.6. The lowest BCUT2D eigenvalue weighted by molar-refractivity contribution is 0.101. The van der Waals surface area contributed by atoms with E-state index >= 15 is 0 Å². The van der Waals surface area contributed by atoms with Crippen LogP contribution in [0.3, 0.4) is 0 Å². The van der Waals surface area contributed by atoms with Crippen molar-refractivity contribution < 1.29 is 14.3 Å². The molecule has 8 heteroatoms. The standard InChI is InChI=1S/C19H23N5O3/c1-3-27-19(26)24-11-9-23(10-12-24)18-20-8-7-17(22-18)21-16-6-4-5-15(13-16)14(2)25/h4-8,13H,3,9-12H2,1-2H3,(H,20,21,22). The summed E-state index contributed by atoms with van der Waals surface area (Å²) in [6.45, 7) is 6.14. The second-order valence-electron chi connectivity index (χ2n) is 6.18. The minimum absolute atomic E-state index is 0.0153. The predicted molar refractivity (Wildman–Crippen MR) is 103 cm³/mol. The molecule has 0 aliphatic carbocycles. The van der Waals surface area contributed by atoms with Gasteiger partial charge in [0.2, 0.25) is 5.95 Å². The molecule has 0 unspecified atom stereocenters. The van der Waals surface area contributed by atoms with Crippen molar-refractivity contribution in [2.75, 3.05) is 43.0 Å². The molecule has 2 aromatic rings. The van der Waals surface area contributed by atoms with E-state index in [1.54, 1.807) is 36.2 Å². The maximum atomic E-state index is 11.8. The Labute approximate surface area is 158 Å². The van der Waals surface area contributed by atoms with Gasteiger partial charge in [-0.3, -0.25) is 4.79 Å². The summed E-state index contributed by atoms with van der Waals surface area (Å²) >= 11 is 0. The first-order valence-electron chi connectivity index (χ1n) is 8.94. The lowest BCUT2D eigenvalue weighted by Crippen LogP contribution is -2.49. The van der Waals surface area contributed by atoms with E-state index < -0.39 is 0 Å². The second kappa shape index (κ2) is 8.48. The molecule has 1 aliphatic rings. The number of hydrogen-bond acceptors (Lipinski definition) is 7. The zero-order valence-corrected chi connectivity index (χ0v) is 15.5. The third-order valence-electron chi connectivity index (χ3n) is 4.27. The summed E-state index contributed by atoms with van der Waals surface area (Å²) < 4.78 is 5.04. The molecule has 0 spiro atoms. The number of benzene rings is 1. The average Bonchev–Trinajstić information content (AvgIpc) is 2.69. The number of anilines is 3. The van der Waals surface area contributed by atoms with Gasteiger partial charge in [-0.1, -0.05) is 12.1 Å². The normalized spacial score (nSPS) is 14.0. The number of aromatic nitrogens is 2. The van der Waals surface area contributed by atoms with Crippen LogP contribution >= 0.6 is 0 Å². The third-order valence-corrected chi connectivity index (χ3v) is 4.27. The van der Waals surface area contributed by atoms with Crippen LogP contribution in [0.25, 0.3) is 0 Å². The smallest absolute Gasteiger partial charge is 0.409 e. The van der Waals surface area contributed by atoms with Crippen molar-refractivity contribution in [2.24, 2.45) is 0 Å². The maximum Gasteiger partial charge on any atom is 0.409 e. The zero-order valence-electron chi connectivity index (χ0n) is 15.5. The van der Waals surface area contributed by atoms with Gasteiger partial charge in [-0.25, -0.2) is 9.78 Å². The largest absolute Gasteiger partial charge is 0.450 e. The Hall–Kier alpha value is -3.16. The van der Waals surface area contributed by atoms with Gasteiger partial charge in [0.25, 0.3) is 0 Å². The van der Waals surface area contributed by atoms with Gasteiger partial charge in [0.15, 0.2) is 5.78 Å². The number of Topliss-reactive ketones (excluding diaryl/α,β-unsaturated/α-hetero) is 1.